The molecule has 0 spiro atoms. The Balaban J connectivity index is 0.000000921. The molecule has 0 saturated carbocycles. The second-order valence-electron chi connectivity index (χ2n) is 2.35. The van der Waals surface area contributed by atoms with Gasteiger partial charge in [0.15, 0.2) is 5.75 Å². The first-order chi connectivity index (χ1) is 6.95. The minimum absolute atomic E-state index is 0.171. The summed E-state index contributed by atoms with van der Waals surface area (Å²) in [7, 11) is 1.35. The monoisotopic (exact) mass is 222 g/mol. The van der Waals surface area contributed by atoms with Crippen LogP contribution in [0.3, 0.4) is 0 Å². The molecule has 0 aliphatic rings. The lowest BCUT2D eigenvalue weighted by Gasteiger charge is -2.07. The molecule has 0 aromatic carbocycles. The van der Waals surface area contributed by atoms with Gasteiger partial charge in [0.25, 0.3) is 0 Å². The van der Waals surface area contributed by atoms with Crippen molar-refractivity contribution in [3.05, 3.63) is 17.7 Å². The third-order valence-electron chi connectivity index (χ3n) is 1.41. The number of alkyl halides is 3. The summed E-state index contributed by atoms with van der Waals surface area (Å²) < 4.78 is 40.8. The lowest BCUT2D eigenvalue weighted by atomic mass is 10.4. The highest BCUT2D eigenvalue weighted by Gasteiger charge is 2.34. The maximum Gasteiger partial charge on any atom is 0.451 e. The van der Waals surface area contributed by atoms with E-state index >= 15 is 0 Å². The molecular formula is C9H13F3N2O. The molecule has 1 aromatic heterocycles. The molecule has 1 aromatic rings. The summed E-state index contributed by atoms with van der Waals surface area (Å²) in [6.07, 6.45) is -3.50. The molecule has 0 atom stereocenters. The number of ether oxygens (including phenoxy) is 1. The van der Waals surface area contributed by atoms with E-state index in [9.17, 15) is 13.2 Å². The van der Waals surface area contributed by atoms with Gasteiger partial charge in [-0.3, -0.25) is 0 Å². The van der Waals surface area contributed by atoms with Crippen molar-refractivity contribution in [1.82, 2.24) is 9.97 Å². The van der Waals surface area contributed by atoms with Gasteiger partial charge in [-0.15, -0.1) is 0 Å². The van der Waals surface area contributed by atoms with Crippen LogP contribution < -0.4 is 4.74 Å². The summed E-state index contributed by atoms with van der Waals surface area (Å²) in [4.78, 5) is 6.37. The fourth-order valence-electron chi connectivity index (χ4n) is 0.793. The van der Waals surface area contributed by atoms with E-state index in [2.05, 4.69) is 9.97 Å². The highest BCUT2D eigenvalue weighted by atomic mass is 19.4. The van der Waals surface area contributed by atoms with Gasteiger partial charge in [-0.05, 0) is 6.92 Å². The van der Waals surface area contributed by atoms with Crippen LogP contribution in [0.15, 0.2) is 6.20 Å². The number of nitrogens with zero attached hydrogens (tertiary/aromatic N) is 2. The van der Waals surface area contributed by atoms with Gasteiger partial charge >= 0.3 is 6.18 Å². The van der Waals surface area contributed by atoms with E-state index in [4.69, 9.17) is 4.74 Å². The number of methoxy groups -OCH3 is 1. The van der Waals surface area contributed by atoms with Crippen LogP contribution >= 0.6 is 0 Å². The van der Waals surface area contributed by atoms with Crippen molar-refractivity contribution in [3.8, 4) is 5.75 Å². The van der Waals surface area contributed by atoms with Crippen molar-refractivity contribution in [2.75, 3.05) is 7.11 Å². The second kappa shape index (κ2) is 5.53. The van der Waals surface area contributed by atoms with Crippen molar-refractivity contribution in [2.24, 2.45) is 0 Å². The van der Waals surface area contributed by atoms with Crippen LogP contribution in [0.25, 0.3) is 0 Å². The van der Waals surface area contributed by atoms with Gasteiger partial charge in [-0.2, -0.15) is 13.2 Å². The van der Waals surface area contributed by atoms with Crippen LogP contribution in [0.2, 0.25) is 0 Å². The van der Waals surface area contributed by atoms with Gasteiger partial charge in [-0.25, -0.2) is 9.97 Å². The Labute approximate surface area is 86.3 Å². The predicted molar refractivity (Wildman–Crippen MR) is 49.7 cm³/mol. The van der Waals surface area contributed by atoms with Gasteiger partial charge in [0.1, 0.15) is 0 Å². The molecule has 1 rings (SSSR count). The van der Waals surface area contributed by atoms with Crippen LogP contribution in [-0.2, 0) is 6.18 Å². The quantitative estimate of drug-likeness (QED) is 0.732. The molecule has 1 heterocycles. The van der Waals surface area contributed by atoms with Gasteiger partial charge in [-0.1, -0.05) is 13.8 Å². The molecule has 0 saturated heterocycles. The number of hydrogen-bond donors (Lipinski definition) is 0. The Kier molecular flexibility index (Phi) is 5.04. The molecule has 0 fully saturated rings. The van der Waals surface area contributed by atoms with E-state index in [-0.39, 0.29) is 11.4 Å². The van der Waals surface area contributed by atoms with Crippen molar-refractivity contribution in [1.29, 1.82) is 0 Å². The first kappa shape index (κ1) is 13.7. The molecule has 86 valence electrons. The summed E-state index contributed by atoms with van der Waals surface area (Å²) in [5.41, 5.74) is 0.171. The Hall–Kier alpha value is -1.33. The van der Waals surface area contributed by atoms with E-state index in [1.807, 2.05) is 13.8 Å². The largest absolute Gasteiger partial charge is 0.493 e. The summed E-state index contributed by atoms with van der Waals surface area (Å²) in [5.74, 6) is -0.904. The summed E-state index contributed by atoms with van der Waals surface area (Å²) in [6.45, 7) is 5.43. The smallest absolute Gasteiger partial charge is 0.451 e. The van der Waals surface area contributed by atoms with Crippen molar-refractivity contribution in [2.45, 2.75) is 26.9 Å². The number of halogens is 3. The van der Waals surface area contributed by atoms with E-state index < -0.39 is 12.0 Å². The van der Waals surface area contributed by atoms with Crippen LogP contribution in [0.5, 0.6) is 5.75 Å². The number of aromatic nitrogens is 2. The molecule has 0 N–H and O–H groups in total. The van der Waals surface area contributed by atoms with E-state index in [1.165, 1.54) is 14.0 Å². The van der Waals surface area contributed by atoms with Crippen molar-refractivity contribution < 1.29 is 17.9 Å². The third kappa shape index (κ3) is 3.73. The highest BCUT2D eigenvalue weighted by Crippen LogP contribution is 2.27. The molecule has 0 unspecified atom stereocenters. The van der Waals surface area contributed by atoms with Gasteiger partial charge in [0, 0.05) is 0 Å². The highest BCUT2D eigenvalue weighted by molar-refractivity contribution is 5.23. The number of hydrogen-bond acceptors (Lipinski definition) is 3. The zero-order chi connectivity index (χ0) is 12.1. The molecular weight excluding hydrogens is 209 g/mol. The molecule has 0 bridgehead atoms. The average molecular weight is 222 g/mol. The lowest BCUT2D eigenvalue weighted by Crippen LogP contribution is -2.11. The minimum atomic E-state index is -4.50. The first-order valence-corrected chi connectivity index (χ1v) is 4.40. The van der Waals surface area contributed by atoms with Crippen molar-refractivity contribution in [3.63, 3.8) is 0 Å². The van der Waals surface area contributed by atoms with Gasteiger partial charge in [0.2, 0.25) is 5.82 Å². The van der Waals surface area contributed by atoms with Crippen LogP contribution in [-0.4, -0.2) is 17.1 Å². The molecule has 6 heteroatoms. The standard InChI is InChI=1S/C7H7F3N2O.C2H6/c1-4-5(13-2)3-11-6(12-4)7(8,9)10;1-2/h3H,1-2H3;1-2H3. The lowest BCUT2D eigenvalue weighted by molar-refractivity contribution is -0.145. The molecule has 0 aliphatic heterocycles. The normalized spacial score (nSPS) is 10.3. The summed E-state index contributed by atoms with van der Waals surface area (Å²) >= 11 is 0. The van der Waals surface area contributed by atoms with E-state index in [0.29, 0.717) is 0 Å². The fourth-order valence-corrected chi connectivity index (χ4v) is 0.793. The Morgan fingerprint density at radius 3 is 2.13 bits per heavy atom. The number of aryl methyl sites for hydroxylation is 1. The van der Waals surface area contributed by atoms with E-state index in [1.54, 1.807) is 0 Å². The Morgan fingerprint density at radius 1 is 1.27 bits per heavy atom. The molecule has 15 heavy (non-hydrogen) atoms. The van der Waals surface area contributed by atoms with Crippen molar-refractivity contribution >= 4 is 0 Å². The van der Waals surface area contributed by atoms with Crippen LogP contribution in [0, 0.1) is 6.92 Å². The minimum Gasteiger partial charge on any atom is -0.493 e. The number of rotatable bonds is 1. The van der Waals surface area contributed by atoms with Crippen LogP contribution in [0.1, 0.15) is 25.4 Å². The average Bonchev–Trinajstić information content (AvgIpc) is 2.19. The SMILES string of the molecule is CC.COc1cnc(C(F)(F)F)nc1C. The second-order valence-corrected chi connectivity index (χ2v) is 2.35. The molecule has 0 aliphatic carbocycles. The van der Waals surface area contributed by atoms with Crippen LogP contribution in [0.4, 0.5) is 13.2 Å². The third-order valence-corrected chi connectivity index (χ3v) is 1.41. The van der Waals surface area contributed by atoms with Gasteiger partial charge < -0.3 is 4.74 Å². The maximum atomic E-state index is 12.0. The zero-order valence-corrected chi connectivity index (χ0v) is 9.01. The Bertz CT molecular complexity index is 313. The summed E-state index contributed by atoms with van der Waals surface area (Å²) in [6, 6.07) is 0. The van der Waals surface area contributed by atoms with E-state index in [0.717, 1.165) is 6.20 Å². The topological polar surface area (TPSA) is 35.0 Å². The molecule has 0 radical (unpaired) electrons. The molecule has 3 nitrogen and oxygen atoms in total. The summed E-state index contributed by atoms with van der Waals surface area (Å²) in [5, 5.41) is 0. The Morgan fingerprint density at radius 2 is 1.80 bits per heavy atom. The maximum absolute atomic E-state index is 12.0. The first-order valence-electron chi connectivity index (χ1n) is 4.40. The predicted octanol–water partition coefficient (Wildman–Crippen LogP) is 2.84. The van der Waals surface area contributed by atoms with Gasteiger partial charge in [0.05, 0.1) is 19.0 Å². The molecule has 0 amide bonds. The fraction of sp³-hybridized carbons (Fsp3) is 0.556. The zero-order valence-electron chi connectivity index (χ0n) is 9.01.